The number of rotatable bonds is 2. The summed E-state index contributed by atoms with van der Waals surface area (Å²) in [7, 11) is 0. The van der Waals surface area contributed by atoms with E-state index in [4.69, 9.17) is 0 Å². The van der Waals surface area contributed by atoms with Crippen LogP contribution in [-0.2, 0) is 0 Å². The lowest BCUT2D eigenvalue weighted by atomic mass is 9.87. The summed E-state index contributed by atoms with van der Waals surface area (Å²) < 4.78 is 2.41. The molecule has 0 nitrogen and oxygen atoms in total. The van der Waals surface area contributed by atoms with Crippen molar-refractivity contribution in [1.82, 2.24) is 0 Å². The van der Waals surface area contributed by atoms with Crippen molar-refractivity contribution in [2.45, 2.75) is 39.4 Å². The lowest BCUT2D eigenvalue weighted by Gasteiger charge is -2.23. The predicted octanol–water partition coefficient (Wildman–Crippen LogP) is 7.08. The molecule has 2 rings (SSSR count). The van der Waals surface area contributed by atoms with Crippen molar-refractivity contribution in [2.24, 2.45) is 0 Å². The number of benzene rings is 2. The summed E-state index contributed by atoms with van der Waals surface area (Å²) in [6.07, 6.45) is 0. The normalized spacial score (nSPS) is 12.6. The molecule has 0 heterocycles. The highest BCUT2D eigenvalue weighted by molar-refractivity contribution is 14.1. The molecule has 0 aliphatic rings. The summed E-state index contributed by atoms with van der Waals surface area (Å²) in [6.45, 7) is 11.1. The minimum Gasteiger partial charge on any atom is -0.0786 e. The molecule has 2 aromatic carbocycles. The van der Waals surface area contributed by atoms with Crippen LogP contribution in [0.5, 0.6) is 0 Å². The zero-order chi connectivity index (χ0) is 15.9. The first-order valence-corrected chi connectivity index (χ1v) is 9.70. The molecule has 1 unspecified atom stereocenters. The smallest absolute Gasteiger partial charge is 0.0661 e. The summed E-state index contributed by atoms with van der Waals surface area (Å²) in [5.74, 6) is 0. The van der Waals surface area contributed by atoms with Crippen LogP contribution in [0.15, 0.2) is 22.7 Å². The van der Waals surface area contributed by atoms with Gasteiger partial charge in [0.05, 0.1) is 4.83 Å². The van der Waals surface area contributed by atoms with Gasteiger partial charge in [0.1, 0.15) is 0 Å². The monoisotopic (exact) mass is 520 g/mol. The van der Waals surface area contributed by atoms with Crippen LogP contribution in [0.25, 0.3) is 0 Å². The van der Waals surface area contributed by atoms with E-state index in [1.54, 1.807) is 0 Å². The summed E-state index contributed by atoms with van der Waals surface area (Å²) in [6, 6.07) is 6.50. The third kappa shape index (κ3) is 3.25. The Bertz CT molecular complexity index is 676. The van der Waals surface area contributed by atoms with Gasteiger partial charge in [-0.3, -0.25) is 0 Å². The van der Waals surface area contributed by atoms with Crippen LogP contribution in [-0.4, -0.2) is 0 Å². The second-order valence-electron chi connectivity index (χ2n) is 5.57. The Morgan fingerprint density at radius 2 is 1.33 bits per heavy atom. The van der Waals surface area contributed by atoms with Gasteiger partial charge in [-0.05, 0) is 114 Å². The lowest BCUT2D eigenvalue weighted by molar-refractivity contribution is 1.05. The fraction of sp³-hybridized carbons (Fsp3) is 0.333. The van der Waals surface area contributed by atoms with Crippen LogP contribution >= 0.6 is 54.5 Å². The van der Waals surface area contributed by atoms with Gasteiger partial charge in [0.25, 0.3) is 0 Å². The first-order chi connectivity index (χ1) is 9.75. The molecule has 0 aromatic heterocycles. The number of hydrogen-bond donors (Lipinski definition) is 0. The molecule has 0 amide bonds. The number of alkyl halides is 1. The molecule has 0 fully saturated rings. The van der Waals surface area contributed by atoms with Crippen LogP contribution in [0.3, 0.4) is 0 Å². The predicted molar refractivity (Wildman–Crippen MR) is 108 cm³/mol. The molecule has 0 N–H and O–H groups in total. The molecule has 2 aromatic rings. The molecule has 0 aliphatic heterocycles. The molecule has 1 atom stereocenters. The van der Waals surface area contributed by atoms with Gasteiger partial charge in [0, 0.05) is 8.04 Å². The van der Waals surface area contributed by atoms with Crippen molar-refractivity contribution >= 4 is 54.5 Å². The van der Waals surface area contributed by atoms with Crippen LogP contribution in [0.2, 0.25) is 0 Å². The minimum absolute atomic E-state index is 0.208. The largest absolute Gasteiger partial charge is 0.0786 e. The van der Waals surface area contributed by atoms with Gasteiger partial charge in [0.15, 0.2) is 0 Å². The van der Waals surface area contributed by atoms with Crippen LogP contribution in [0, 0.1) is 38.2 Å². The molecule has 21 heavy (non-hydrogen) atoms. The van der Waals surface area contributed by atoms with Gasteiger partial charge >= 0.3 is 0 Å². The van der Waals surface area contributed by atoms with E-state index in [9.17, 15) is 0 Å². The average Bonchev–Trinajstić information content (AvgIpc) is 2.45. The lowest BCUT2D eigenvalue weighted by Crippen LogP contribution is -2.06. The quantitative estimate of drug-likeness (QED) is 0.292. The van der Waals surface area contributed by atoms with E-state index in [-0.39, 0.29) is 4.83 Å². The summed E-state index contributed by atoms with van der Waals surface area (Å²) in [5.41, 5.74) is 9.69. The molecule has 0 saturated carbocycles. The first-order valence-electron chi connectivity index (χ1n) is 6.91. The van der Waals surface area contributed by atoms with E-state index >= 15 is 0 Å². The zero-order valence-corrected chi connectivity index (χ0v) is 18.3. The zero-order valence-electron chi connectivity index (χ0n) is 12.9. The Morgan fingerprint density at radius 3 is 1.86 bits per heavy atom. The first kappa shape index (κ1) is 17.5. The second-order valence-corrected chi connectivity index (χ2v) is 8.58. The molecular weight excluding hydrogens is 503 g/mol. The molecule has 0 saturated heterocycles. The number of halogens is 3. The fourth-order valence-corrected chi connectivity index (χ4v) is 5.14. The fourth-order valence-electron chi connectivity index (χ4n) is 2.77. The van der Waals surface area contributed by atoms with E-state index in [2.05, 4.69) is 107 Å². The van der Waals surface area contributed by atoms with E-state index in [0.717, 1.165) is 4.47 Å². The van der Waals surface area contributed by atoms with Crippen molar-refractivity contribution < 1.29 is 0 Å². The molecule has 0 spiro atoms. The van der Waals surface area contributed by atoms with Crippen LogP contribution in [0.1, 0.15) is 43.8 Å². The van der Waals surface area contributed by atoms with Gasteiger partial charge in [-0.15, -0.1) is 0 Å². The van der Waals surface area contributed by atoms with E-state index < -0.39 is 0 Å². The standard InChI is InChI=1S/C18H19Br2I/c1-9-10(2)12(4)17(13(5)11(9)3)18(20)15-8-14(21)6-7-16(15)19/h6-8,18H,1-5H3. The maximum atomic E-state index is 3.94. The van der Waals surface area contributed by atoms with Gasteiger partial charge in [-0.25, -0.2) is 0 Å². The Balaban J connectivity index is 2.69. The Morgan fingerprint density at radius 1 is 0.857 bits per heavy atom. The topological polar surface area (TPSA) is 0 Å². The SMILES string of the molecule is Cc1c(C)c(C)c(C(Br)c2cc(I)ccc2Br)c(C)c1C. The average molecular weight is 522 g/mol. The van der Waals surface area contributed by atoms with Gasteiger partial charge in [-0.2, -0.15) is 0 Å². The maximum absolute atomic E-state index is 3.94. The highest BCUT2D eigenvalue weighted by atomic mass is 127. The molecule has 3 heteroatoms. The Kier molecular flexibility index (Phi) is 5.59. The van der Waals surface area contributed by atoms with Crippen molar-refractivity contribution in [3.05, 3.63) is 65.2 Å². The molecule has 112 valence electrons. The van der Waals surface area contributed by atoms with Gasteiger partial charge in [-0.1, -0.05) is 31.9 Å². The third-order valence-corrected chi connectivity index (χ3v) is 6.89. The Hall–Kier alpha value is 0.130. The summed E-state index contributed by atoms with van der Waals surface area (Å²) in [4.78, 5) is 0.208. The van der Waals surface area contributed by atoms with Crippen LogP contribution < -0.4 is 0 Å². The van der Waals surface area contributed by atoms with Crippen LogP contribution in [0.4, 0.5) is 0 Å². The van der Waals surface area contributed by atoms with Gasteiger partial charge in [0.2, 0.25) is 0 Å². The minimum atomic E-state index is 0.208. The van der Waals surface area contributed by atoms with Crippen molar-refractivity contribution in [1.29, 1.82) is 0 Å². The number of hydrogen-bond acceptors (Lipinski definition) is 0. The van der Waals surface area contributed by atoms with Crippen molar-refractivity contribution in [3.63, 3.8) is 0 Å². The van der Waals surface area contributed by atoms with Crippen molar-refractivity contribution in [2.75, 3.05) is 0 Å². The molecule has 0 radical (unpaired) electrons. The van der Waals surface area contributed by atoms with Gasteiger partial charge < -0.3 is 0 Å². The van der Waals surface area contributed by atoms with Crippen molar-refractivity contribution in [3.8, 4) is 0 Å². The van der Waals surface area contributed by atoms with E-state index in [0.29, 0.717) is 0 Å². The maximum Gasteiger partial charge on any atom is 0.0661 e. The molecule has 0 aliphatic carbocycles. The van der Waals surface area contributed by atoms with E-state index in [1.807, 2.05) is 0 Å². The third-order valence-electron chi connectivity index (χ3n) is 4.54. The summed E-state index contributed by atoms with van der Waals surface area (Å²) >= 11 is 10.0. The summed E-state index contributed by atoms with van der Waals surface area (Å²) in [5, 5.41) is 0. The molecular formula is C18H19Br2I. The van der Waals surface area contributed by atoms with E-state index in [1.165, 1.54) is 42.5 Å². The Labute approximate surface area is 158 Å². The second kappa shape index (κ2) is 6.71. The molecule has 0 bridgehead atoms. The highest BCUT2D eigenvalue weighted by Crippen LogP contribution is 2.41. The highest BCUT2D eigenvalue weighted by Gasteiger charge is 2.21.